The Bertz CT molecular complexity index is 802. The third-order valence-electron chi connectivity index (χ3n) is 4.02. The molecule has 7 nitrogen and oxygen atoms in total. The van der Waals surface area contributed by atoms with Gasteiger partial charge in [-0.05, 0) is 25.0 Å². The molecule has 0 radical (unpaired) electrons. The largest absolute Gasteiger partial charge is 0.450 e. The molecular weight excluding hydrogens is 318 g/mol. The van der Waals surface area contributed by atoms with Gasteiger partial charge in [0.15, 0.2) is 12.4 Å². The van der Waals surface area contributed by atoms with Gasteiger partial charge >= 0.3 is 5.97 Å². The summed E-state index contributed by atoms with van der Waals surface area (Å²) < 4.78 is 32.9. The van der Waals surface area contributed by atoms with Crippen molar-refractivity contribution in [3.05, 3.63) is 29.8 Å². The fraction of sp³-hybridized carbons (Fsp3) is 0.400. The number of fused-ring (bicyclic) bond motifs is 1. The number of hydrogen-bond donors (Lipinski definition) is 0. The number of benzene rings is 1. The van der Waals surface area contributed by atoms with Crippen molar-refractivity contribution < 1.29 is 17.9 Å². The van der Waals surface area contributed by atoms with Crippen LogP contribution in [-0.2, 0) is 19.6 Å². The van der Waals surface area contributed by atoms with Crippen LogP contribution in [0, 0.1) is 17.2 Å². The van der Waals surface area contributed by atoms with Crippen molar-refractivity contribution in [2.45, 2.75) is 17.7 Å². The number of piperidine rings is 1. The lowest BCUT2D eigenvalue weighted by Crippen LogP contribution is -2.40. The van der Waals surface area contributed by atoms with Crippen LogP contribution in [0.4, 0.5) is 0 Å². The number of esters is 1. The summed E-state index contributed by atoms with van der Waals surface area (Å²) in [5, 5.41) is 8.43. The van der Waals surface area contributed by atoms with Crippen molar-refractivity contribution in [2.75, 3.05) is 19.7 Å². The fourth-order valence-electron chi connectivity index (χ4n) is 2.86. The van der Waals surface area contributed by atoms with Crippen molar-refractivity contribution in [1.82, 2.24) is 4.90 Å². The van der Waals surface area contributed by atoms with Crippen LogP contribution in [-0.4, -0.2) is 44.8 Å². The first kappa shape index (κ1) is 15.5. The maximum Gasteiger partial charge on any atom is 0.310 e. The molecule has 1 saturated heterocycles. The lowest BCUT2D eigenvalue weighted by Gasteiger charge is -2.32. The van der Waals surface area contributed by atoms with Crippen molar-refractivity contribution >= 4 is 21.8 Å². The molecule has 0 saturated carbocycles. The first-order valence-electron chi connectivity index (χ1n) is 7.26. The van der Waals surface area contributed by atoms with Crippen LogP contribution in [0.5, 0.6) is 0 Å². The molecule has 23 heavy (non-hydrogen) atoms. The van der Waals surface area contributed by atoms with Gasteiger partial charge in [-0.3, -0.25) is 4.79 Å². The zero-order valence-corrected chi connectivity index (χ0v) is 13.1. The van der Waals surface area contributed by atoms with Crippen molar-refractivity contribution in [3.63, 3.8) is 0 Å². The summed E-state index contributed by atoms with van der Waals surface area (Å²) in [6.07, 6.45) is 1.09. The quantitative estimate of drug-likeness (QED) is 0.746. The predicted molar refractivity (Wildman–Crippen MR) is 81.0 cm³/mol. The number of rotatable bonds is 2. The van der Waals surface area contributed by atoms with Gasteiger partial charge < -0.3 is 9.64 Å². The highest BCUT2D eigenvalue weighted by Crippen LogP contribution is 2.29. The average molecular weight is 333 g/mol. The molecule has 8 heteroatoms. The van der Waals surface area contributed by atoms with Crippen LogP contribution in [0.25, 0.3) is 0 Å². The summed E-state index contributed by atoms with van der Waals surface area (Å²) in [7, 11) is -3.63. The van der Waals surface area contributed by atoms with Gasteiger partial charge in [0.2, 0.25) is 0 Å². The van der Waals surface area contributed by atoms with E-state index in [2.05, 4.69) is 4.40 Å². The molecule has 2 heterocycles. The summed E-state index contributed by atoms with van der Waals surface area (Å²) >= 11 is 0. The molecule has 120 valence electrons. The van der Waals surface area contributed by atoms with Crippen LogP contribution >= 0.6 is 0 Å². The molecule has 2 aliphatic heterocycles. The van der Waals surface area contributed by atoms with E-state index < -0.39 is 10.0 Å². The number of sulfonamides is 1. The Labute approximate surface area is 134 Å². The van der Waals surface area contributed by atoms with Crippen LogP contribution < -0.4 is 0 Å². The van der Waals surface area contributed by atoms with Crippen LogP contribution in [0.15, 0.2) is 33.6 Å². The lowest BCUT2D eigenvalue weighted by molar-refractivity contribution is -0.148. The van der Waals surface area contributed by atoms with E-state index in [0.717, 1.165) is 0 Å². The Hall–Kier alpha value is -2.40. The maximum absolute atomic E-state index is 12.1. The Morgan fingerprint density at radius 1 is 1.35 bits per heavy atom. The Balaban J connectivity index is 1.72. The molecule has 3 rings (SSSR count). The Morgan fingerprint density at radius 2 is 2.04 bits per heavy atom. The van der Waals surface area contributed by atoms with Crippen molar-refractivity contribution in [3.8, 4) is 6.07 Å². The smallest absolute Gasteiger partial charge is 0.310 e. The number of carbonyl (C=O) groups is 1. The summed E-state index contributed by atoms with van der Waals surface area (Å²) in [5.74, 6) is -0.175. The van der Waals surface area contributed by atoms with Crippen LogP contribution in [0.2, 0.25) is 0 Å². The topological polar surface area (TPSA) is 99.8 Å². The normalized spacial score (nSPS) is 19.6. The van der Waals surface area contributed by atoms with Gasteiger partial charge in [-0.15, -0.1) is 4.40 Å². The van der Waals surface area contributed by atoms with E-state index in [1.54, 1.807) is 30.3 Å². The van der Waals surface area contributed by atoms with E-state index in [0.29, 0.717) is 37.3 Å². The number of ether oxygens (including phenoxy) is 1. The minimum atomic E-state index is -3.63. The van der Waals surface area contributed by atoms with Crippen molar-refractivity contribution in [1.29, 1.82) is 5.26 Å². The Kier molecular flexibility index (Phi) is 4.05. The number of amidine groups is 1. The second-order valence-electron chi connectivity index (χ2n) is 5.41. The van der Waals surface area contributed by atoms with E-state index in [-0.39, 0.29) is 23.4 Å². The number of hydrogen-bond acceptors (Lipinski definition) is 6. The molecule has 1 fully saturated rings. The number of likely N-dealkylation sites (tertiary alicyclic amines) is 1. The molecule has 1 aromatic carbocycles. The molecule has 1 aromatic rings. The van der Waals surface area contributed by atoms with Gasteiger partial charge in [-0.2, -0.15) is 13.7 Å². The SMILES string of the molecule is N#CCOC(=O)C1CCN(C2=NS(=O)(=O)c3ccccc32)CC1. The molecule has 0 atom stereocenters. The number of carbonyl (C=O) groups excluding carboxylic acids is 1. The van der Waals surface area contributed by atoms with Crippen LogP contribution in [0.3, 0.4) is 0 Å². The fourth-order valence-corrected chi connectivity index (χ4v) is 4.09. The number of nitrogens with zero attached hydrogens (tertiary/aromatic N) is 3. The minimum absolute atomic E-state index is 0.227. The van der Waals surface area contributed by atoms with E-state index in [1.807, 2.05) is 4.90 Å². The summed E-state index contributed by atoms with van der Waals surface area (Å²) in [5.41, 5.74) is 0.609. The Morgan fingerprint density at radius 3 is 2.74 bits per heavy atom. The first-order chi connectivity index (χ1) is 11.0. The average Bonchev–Trinajstić information content (AvgIpc) is 2.85. The van der Waals surface area contributed by atoms with E-state index in [4.69, 9.17) is 10.00 Å². The summed E-state index contributed by atoms with van der Waals surface area (Å²) in [6.45, 7) is 0.807. The summed E-state index contributed by atoms with van der Waals surface area (Å²) in [6, 6.07) is 8.51. The highest BCUT2D eigenvalue weighted by atomic mass is 32.2. The van der Waals surface area contributed by atoms with Crippen LogP contribution in [0.1, 0.15) is 18.4 Å². The molecule has 0 aliphatic carbocycles. The molecule has 0 bridgehead atoms. The highest BCUT2D eigenvalue weighted by molar-refractivity contribution is 7.90. The maximum atomic E-state index is 12.1. The van der Waals surface area contributed by atoms with Gasteiger partial charge in [0, 0.05) is 18.7 Å². The molecular formula is C15H15N3O4S. The predicted octanol–water partition coefficient (Wildman–Crippen LogP) is 0.914. The van der Waals surface area contributed by atoms with Gasteiger partial charge in [-0.1, -0.05) is 12.1 Å². The lowest BCUT2D eigenvalue weighted by atomic mass is 9.96. The first-order valence-corrected chi connectivity index (χ1v) is 8.70. The standard InChI is InChI=1S/C15H15N3O4S/c16-7-10-22-15(19)11-5-8-18(9-6-11)14-12-3-1-2-4-13(12)23(20,21)17-14/h1-4,11H,5-6,8-10H2. The zero-order chi connectivity index (χ0) is 16.4. The zero-order valence-electron chi connectivity index (χ0n) is 12.3. The van der Waals surface area contributed by atoms with Gasteiger partial charge in [0.05, 0.1) is 5.92 Å². The second-order valence-corrected chi connectivity index (χ2v) is 6.99. The molecule has 0 unspecified atom stereocenters. The monoisotopic (exact) mass is 333 g/mol. The van der Waals surface area contributed by atoms with E-state index in [9.17, 15) is 13.2 Å². The minimum Gasteiger partial charge on any atom is -0.450 e. The van der Waals surface area contributed by atoms with Gasteiger partial charge in [0.25, 0.3) is 10.0 Å². The van der Waals surface area contributed by atoms with E-state index in [1.165, 1.54) is 0 Å². The molecule has 0 amide bonds. The molecule has 2 aliphatic rings. The second kappa shape index (κ2) is 6.01. The highest BCUT2D eigenvalue weighted by Gasteiger charge is 2.34. The third-order valence-corrected chi connectivity index (χ3v) is 5.34. The summed E-state index contributed by atoms with van der Waals surface area (Å²) in [4.78, 5) is 13.9. The van der Waals surface area contributed by atoms with Gasteiger partial charge in [0.1, 0.15) is 11.0 Å². The number of nitriles is 1. The molecule has 0 aromatic heterocycles. The van der Waals surface area contributed by atoms with Gasteiger partial charge in [-0.25, -0.2) is 0 Å². The van der Waals surface area contributed by atoms with Crippen molar-refractivity contribution in [2.24, 2.45) is 10.3 Å². The molecule has 0 spiro atoms. The molecule has 0 N–H and O–H groups in total. The van der Waals surface area contributed by atoms with E-state index >= 15 is 0 Å². The third kappa shape index (κ3) is 2.92.